The van der Waals surface area contributed by atoms with E-state index < -0.39 is 11.8 Å². The van der Waals surface area contributed by atoms with E-state index >= 15 is 0 Å². The average molecular weight is 252 g/mol. The fraction of sp³-hybridized carbons (Fsp3) is 0.385. The minimum Gasteiger partial charge on any atom is -0.493 e. The van der Waals surface area contributed by atoms with Gasteiger partial charge in [0, 0.05) is 6.42 Å². The van der Waals surface area contributed by atoms with Gasteiger partial charge in [-0.15, -0.1) is 0 Å². The summed E-state index contributed by atoms with van der Waals surface area (Å²) in [5, 5.41) is 0. The predicted molar refractivity (Wildman–Crippen MR) is 64.9 cm³/mol. The Kier molecular flexibility index (Phi) is 5.17. The van der Waals surface area contributed by atoms with Crippen LogP contribution in [0.3, 0.4) is 0 Å². The van der Waals surface area contributed by atoms with Gasteiger partial charge in [0.05, 0.1) is 21.3 Å². The van der Waals surface area contributed by atoms with Gasteiger partial charge in [0.2, 0.25) is 5.78 Å². The van der Waals surface area contributed by atoms with Gasteiger partial charge in [-0.2, -0.15) is 0 Å². The van der Waals surface area contributed by atoms with Crippen LogP contribution in [0.4, 0.5) is 0 Å². The third-order valence-corrected chi connectivity index (χ3v) is 2.50. The molecule has 18 heavy (non-hydrogen) atoms. The van der Waals surface area contributed by atoms with Gasteiger partial charge in [-0.05, 0) is 24.1 Å². The number of methoxy groups -OCH3 is 3. The van der Waals surface area contributed by atoms with Crippen molar-refractivity contribution in [3.8, 4) is 11.5 Å². The van der Waals surface area contributed by atoms with Crippen molar-refractivity contribution in [1.82, 2.24) is 0 Å². The number of carbonyl (C=O) groups is 2. The normalized spacial score (nSPS) is 9.72. The van der Waals surface area contributed by atoms with E-state index in [0.29, 0.717) is 17.9 Å². The molecule has 1 aromatic rings. The monoisotopic (exact) mass is 252 g/mol. The van der Waals surface area contributed by atoms with Gasteiger partial charge in [-0.1, -0.05) is 6.07 Å². The van der Waals surface area contributed by atoms with Crippen molar-refractivity contribution in [2.24, 2.45) is 0 Å². The number of Topliss-reactive ketones (excluding diaryl/α,β-unsaturated/α-hetero) is 1. The zero-order valence-electron chi connectivity index (χ0n) is 10.7. The highest BCUT2D eigenvalue weighted by Gasteiger charge is 2.14. The van der Waals surface area contributed by atoms with E-state index in [4.69, 9.17) is 9.47 Å². The molecule has 0 aromatic heterocycles. The summed E-state index contributed by atoms with van der Waals surface area (Å²) < 4.78 is 14.6. The van der Waals surface area contributed by atoms with E-state index in [2.05, 4.69) is 4.74 Å². The second-order valence-electron chi connectivity index (χ2n) is 3.60. The zero-order valence-corrected chi connectivity index (χ0v) is 10.7. The number of hydrogen-bond acceptors (Lipinski definition) is 5. The molecule has 0 aliphatic rings. The standard InChI is InChI=1S/C13H16O5/c1-16-11-7-5-9(8-12(11)17-2)4-6-10(14)13(15)18-3/h5,7-8H,4,6H2,1-3H3. The van der Waals surface area contributed by atoms with Crippen molar-refractivity contribution >= 4 is 11.8 Å². The van der Waals surface area contributed by atoms with Crippen molar-refractivity contribution in [1.29, 1.82) is 0 Å². The maximum Gasteiger partial charge on any atom is 0.374 e. The van der Waals surface area contributed by atoms with Gasteiger partial charge in [0.1, 0.15) is 0 Å². The van der Waals surface area contributed by atoms with E-state index in [9.17, 15) is 9.59 Å². The molecule has 0 radical (unpaired) electrons. The topological polar surface area (TPSA) is 61.8 Å². The Morgan fingerprint density at radius 2 is 1.72 bits per heavy atom. The Hall–Kier alpha value is -2.04. The first-order chi connectivity index (χ1) is 8.62. The third kappa shape index (κ3) is 3.48. The Bertz CT molecular complexity index is 439. The molecule has 0 bridgehead atoms. The molecular formula is C13H16O5. The molecule has 1 aromatic carbocycles. The largest absolute Gasteiger partial charge is 0.493 e. The van der Waals surface area contributed by atoms with Crippen molar-refractivity contribution < 1.29 is 23.8 Å². The summed E-state index contributed by atoms with van der Waals surface area (Å²) >= 11 is 0. The molecule has 0 saturated heterocycles. The van der Waals surface area contributed by atoms with Crippen molar-refractivity contribution in [2.75, 3.05) is 21.3 Å². The summed E-state index contributed by atoms with van der Waals surface area (Å²) in [5.41, 5.74) is 0.893. The SMILES string of the molecule is COC(=O)C(=O)CCc1ccc(OC)c(OC)c1. The second-order valence-corrected chi connectivity index (χ2v) is 3.60. The van der Waals surface area contributed by atoms with Crippen molar-refractivity contribution in [3.05, 3.63) is 23.8 Å². The summed E-state index contributed by atoms with van der Waals surface area (Å²) in [4.78, 5) is 22.2. The fourth-order valence-corrected chi connectivity index (χ4v) is 1.51. The maximum atomic E-state index is 11.3. The van der Waals surface area contributed by atoms with E-state index in [1.807, 2.05) is 6.07 Å². The van der Waals surface area contributed by atoms with Crippen LogP contribution in [0.15, 0.2) is 18.2 Å². The predicted octanol–water partition coefficient (Wildman–Crippen LogP) is 1.38. The number of benzene rings is 1. The van der Waals surface area contributed by atoms with Gasteiger partial charge >= 0.3 is 5.97 Å². The molecule has 1 rings (SSSR count). The van der Waals surface area contributed by atoms with E-state index in [0.717, 1.165) is 5.56 Å². The lowest BCUT2D eigenvalue weighted by Crippen LogP contribution is -2.15. The van der Waals surface area contributed by atoms with Crippen LogP contribution in [0.25, 0.3) is 0 Å². The number of aryl methyl sites for hydroxylation is 1. The fourth-order valence-electron chi connectivity index (χ4n) is 1.51. The summed E-state index contributed by atoms with van der Waals surface area (Å²) in [6.45, 7) is 0. The number of carbonyl (C=O) groups excluding carboxylic acids is 2. The van der Waals surface area contributed by atoms with Crippen LogP contribution >= 0.6 is 0 Å². The maximum absolute atomic E-state index is 11.3. The molecule has 0 fully saturated rings. The molecule has 0 heterocycles. The first-order valence-corrected chi connectivity index (χ1v) is 5.44. The second kappa shape index (κ2) is 6.64. The molecule has 0 N–H and O–H groups in total. The molecule has 0 amide bonds. The minimum atomic E-state index is -0.810. The number of esters is 1. The molecule has 0 atom stereocenters. The first-order valence-electron chi connectivity index (χ1n) is 5.44. The number of ether oxygens (including phenoxy) is 3. The molecule has 5 heteroatoms. The molecular weight excluding hydrogens is 236 g/mol. The lowest BCUT2D eigenvalue weighted by molar-refractivity contribution is -0.151. The highest BCUT2D eigenvalue weighted by molar-refractivity contribution is 6.33. The van der Waals surface area contributed by atoms with Crippen LogP contribution in [0, 0.1) is 0 Å². The Labute approximate surface area is 106 Å². The lowest BCUT2D eigenvalue weighted by atomic mass is 10.1. The van der Waals surface area contributed by atoms with Crippen LogP contribution in [-0.2, 0) is 20.7 Å². The van der Waals surface area contributed by atoms with Gasteiger partial charge in [0.15, 0.2) is 11.5 Å². The van der Waals surface area contributed by atoms with Gasteiger partial charge in [-0.25, -0.2) is 4.79 Å². The van der Waals surface area contributed by atoms with E-state index in [-0.39, 0.29) is 6.42 Å². The van der Waals surface area contributed by atoms with Crippen molar-refractivity contribution in [2.45, 2.75) is 12.8 Å². The Morgan fingerprint density at radius 1 is 1.06 bits per heavy atom. The highest BCUT2D eigenvalue weighted by atomic mass is 16.5. The number of hydrogen-bond donors (Lipinski definition) is 0. The summed E-state index contributed by atoms with van der Waals surface area (Å²) in [5.74, 6) is -0.121. The summed E-state index contributed by atoms with van der Waals surface area (Å²) in [6, 6.07) is 5.37. The molecule has 0 unspecified atom stereocenters. The number of ketones is 1. The minimum absolute atomic E-state index is 0.113. The molecule has 0 saturated carbocycles. The Morgan fingerprint density at radius 3 is 2.28 bits per heavy atom. The molecule has 98 valence electrons. The van der Waals surface area contributed by atoms with Gasteiger partial charge < -0.3 is 14.2 Å². The first kappa shape index (κ1) is 14.0. The average Bonchev–Trinajstić information content (AvgIpc) is 2.43. The van der Waals surface area contributed by atoms with Crippen LogP contribution < -0.4 is 9.47 Å². The highest BCUT2D eigenvalue weighted by Crippen LogP contribution is 2.27. The zero-order chi connectivity index (χ0) is 13.5. The smallest absolute Gasteiger partial charge is 0.374 e. The number of rotatable bonds is 6. The van der Waals surface area contributed by atoms with E-state index in [1.54, 1.807) is 26.4 Å². The van der Waals surface area contributed by atoms with Crippen LogP contribution in [-0.4, -0.2) is 33.1 Å². The summed E-state index contributed by atoms with van der Waals surface area (Å²) in [6.07, 6.45) is 0.566. The molecule has 0 spiro atoms. The Balaban J connectivity index is 2.68. The third-order valence-electron chi connectivity index (χ3n) is 2.50. The van der Waals surface area contributed by atoms with Gasteiger partial charge in [0.25, 0.3) is 0 Å². The molecule has 5 nitrogen and oxygen atoms in total. The van der Waals surface area contributed by atoms with Crippen LogP contribution in [0.1, 0.15) is 12.0 Å². The van der Waals surface area contributed by atoms with E-state index in [1.165, 1.54) is 7.11 Å². The quantitative estimate of drug-likeness (QED) is 0.565. The van der Waals surface area contributed by atoms with Gasteiger partial charge in [-0.3, -0.25) is 4.79 Å². The summed E-state index contributed by atoms with van der Waals surface area (Å²) in [7, 11) is 4.29. The molecule has 0 aliphatic carbocycles. The van der Waals surface area contributed by atoms with Crippen LogP contribution in [0.2, 0.25) is 0 Å². The van der Waals surface area contributed by atoms with Crippen LogP contribution in [0.5, 0.6) is 11.5 Å². The van der Waals surface area contributed by atoms with Crippen molar-refractivity contribution in [3.63, 3.8) is 0 Å². The molecule has 0 aliphatic heterocycles. The lowest BCUT2D eigenvalue weighted by Gasteiger charge is -2.09.